The van der Waals surface area contributed by atoms with Crippen molar-refractivity contribution in [3.8, 4) is 5.75 Å². The van der Waals surface area contributed by atoms with Gasteiger partial charge < -0.3 is 4.74 Å². The Morgan fingerprint density at radius 2 is 1.96 bits per heavy atom. The molecule has 0 saturated heterocycles. The highest BCUT2D eigenvalue weighted by Gasteiger charge is 2.33. The fourth-order valence-electron chi connectivity index (χ4n) is 2.68. The molecule has 9 heteroatoms. The maximum Gasteiger partial charge on any atom is 0.270 e. The van der Waals surface area contributed by atoms with Crippen LogP contribution in [0.25, 0.3) is 0 Å². The van der Waals surface area contributed by atoms with Gasteiger partial charge in [-0.15, -0.1) is 0 Å². The van der Waals surface area contributed by atoms with Gasteiger partial charge in [0.2, 0.25) is 0 Å². The number of anilines is 1. The summed E-state index contributed by atoms with van der Waals surface area (Å²) in [6.07, 6.45) is 0.0221. The highest BCUT2D eigenvalue weighted by molar-refractivity contribution is 7.92. The zero-order chi connectivity index (χ0) is 18.2. The van der Waals surface area contributed by atoms with E-state index in [-0.39, 0.29) is 40.6 Å². The van der Waals surface area contributed by atoms with Crippen LogP contribution in [0.5, 0.6) is 5.75 Å². The normalized spacial score (nSPS) is 14.1. The number of nitrogens with zero attached hydrogens (tertiary/aromatic N) is 2. The summed E-state index contributed by atoms with van der Waals surface area (Å²) in [5.74, 6) is 0.265. The van der Waals surface area contributed by atoms with Crippen molar-refractivity contribution in [1.29, 1.82) is 0 Å². The molecule has 0 fully saturated rings. The fourth-order valence-corrected chi connectivity index (χ4v) is 4.20. The molecule has 25 heavy (non-hydrogen) atoms. The van der Waals surface area contributed by atoms with Gasteiger partial charge in [-0.2, -0.15) is 0 Å². The number of nitro groups is 1. The number of methoxy groups -OCH3 is 1. The predicted molar refractivity (Wildman–Crippen MR) is 89.6 cm³/mol. The summed E-state index contributed by atoms with van der Waals surface area (Å²) in [7, 11) is -2.59. The lowest BCUT2D eigenvalue weighted by atomic mass is 10.0. The number of non-ortho nitro benzene ring substituents is 1. The van der Waals surface area contributed by atoms with Crippen LogP contribution in [0.1, 0.15) is 16.8 Å². The summed E-state index contributed by atoms with van der Waals surface area (Å²) in [4.78, 5) is 22.2. The van der Waals surface area contributed by atoms with Crippen molar-refractivity contribution in [2.75, 3.05) is 18.0 Å². The molecule has 0 aromatic heterocycles. The van der Waals surface area contributed by atoms with Crippen molar-refractivity contribution < 1.29 is 22.9 Å². The molecule has 0 saturated carbocycles. The van der Waals surface area contributed by atoms with Crippen molar-refractivity contribution in [3.63, 3.8) is 0 Å². The first-order valence-corrected chi connectivity index (χ1v) is 8.77. The number of carbonyl (C=O) groups excluding carboxylic acids is 1. The van der Waals surface area contributed by atoms with Crippen LogP contribution in [0, 0.1) is 10.1 Å². The number of hydrogen-bond donors (Lipinski definition) is 0. The maximum absolute atomic E-state index is 12.9. The van der Waals surface area contributed by atoms with Crippen LogP contribution in [0.4, 0.5) is 11.4 Å². The molecular formula is C16H14N2O6S. The van der Waals surface area contributed by atoms with E-state index in [1.165, 1.54) is 37.4 Å². The number of fused-ring (bicyclic) bond motifs is 1. The van der Waals surface area contributed by atoms with Gasteiger partial charge >= 0.3 is 0 Å². The third-order valence-electron chi connectivity index (χ3n) is 3.93. The molecule has 1 aliphatic heterocycles. The van der Waals surface area contributed by atoms with E-state index in [0.717, 1.165) is 10.4 Å². The molecule has 2 aromatic carbocycles. The van der Waals surface area contributed by atoms with Gasteiger partial charge in [-0.05, 0) is 24.3 Å². The van der Waals surface area contributed by atoms with Crippen molar-refractivity contribution >= 4 is 27.2 Å². The second-order valence-corrected chi connectivity index (χ2v) is 7.25. The van der Waals surface area contributed by atoms with E-state index in [1.54, 1.807) is 6.07 Å². The van der Waals surface area contributed by atoms with Crippen LogP contribution in [0.3, 0.4) is 0 Å². The van der Waals surface area contributed by atoms with E-state index < -0.39 is 14.9 Å². The predicted octanol–water partition coefficient (Wildman–Crippen LogP) is 2.39. The van der Waals surface area contributed by atoms with Crippen molar-refractivity contribution in [2.24, 2.45) is 0 Å². The quantitative estimate of drug-likeness (QED) is 0.610. The molecule has 1 aliphatic rings. The van der Waals surface area contributed by atoms with Crippen LogP contribution >= 0.6 is 0 Å². The number of ketones is 1. The summed E-state index contributed by atoms with van der Waals surface area (Å²) in [6.45, 7) is -0.0246. The van der Waals surface area contributed by atoms with Crippen LogP contribution in [0.2, 0.25) is 0 Å². The number of Topliss-reactive ketones (excluding diaryl/α,β-unsaturated/α-hetero) is 1. The first kappa shape index (κ1) is 16.9. The Hall–Kier alpha value is -2.94. The van der Waals surface area contributed by atoms with Crippen LogP contribution in [-0.4, -0.2) is 32.8 Å². The smallest absolute Gasteiger partial charge is 0.270 e. The Labute approximate surface area is 143 Å². The van der Waals surface area contributed by atoms with Crippen molar-refractivity contribution in [2.45, 2.75) is 11.3 Å². The number of benzene rings is 2. The zero-order valence-electron chi connectivity index (χ0n) is 13.2. The second-order valence-electron chi connectivity index (χ2n) is 5.39. The number of sulfonamides is 1. The van der Waals surface area contributed by atoms with Crippen LogP contribution < -0.4 is 9.04 Å². The van der Waals surface area contributed by atoms with E-state index in [1.807, 2.05) is 0 Å². The van der Waals surface area contributed by atoms with Crippen LogP contribution in [-0.2, 0) is 10.0 Å². The standard InChI is InChI=1S/C16H14N2O6S/c1-24-12-5-6-15-14(10-12)16(19)7-8-17(15)25(22,23)13-4-2-3-11(9-13)18(20)21/h2-6,9-10H,7-8H2,1H3. The van der Waals surface area contributed by atoms with Gasteiger partial charge in [0.05, 0.1) is 22.6 Å². The van der Waals surface area contributed by atoms with E-state index >= 15 is 0 Å². The molecule has 1 heterocycles. The minimum Gasteiger partial charge on any atom is -0.497 e. The van der Waals surface area contributed by atoms with Gasteiger partial charge in [-0.1, -0.05) is 6.07 Å². The molecule has 8 nitrogen and oxygen atoms in total. The molecule has 0 N–H and O–H groups in total. The summed E-state index contributed by atoms with van der Waals surface area (Å²) in [5.41, 5.74) is 0.173. The zero-order valence-corrected chi connectivity index (χ0v) is 14.0. The molecule has 0 aliphatic carbocycles. The largest absolute Gasteiger partial charge is 0.497 e. The molecule has 0 spiro atoms. The Kier molecular flexibility index (Phi) is 4.17. The molecular weight excluding hydrogens is 348 g/mol. The molecule has 2 aromatic rings. The second kappa shape index (κ2) is 6.17. The molecule has 3 rings (SSSR count). The lowest BCUT2D eigenvalue weighted by Gasteiger charge is -2.29. The minimum absolute atomic E-state index is 0.0221. The number of carbonyl (C=O) groups is 1. The van der Waals surface area contributed by atoms with Gasteiger partial charge in [-0.3, -0.25) is 19.2 Å². The van der Waals surface area contributed by atoms with Gasteiger partial charge in [-0.25, -0.2) is 8.42 Å². The number of ether oxygens (including phenoxy) is 1. The van der Waals surface area contributed by atoms with Crippen molar-refractivity contribution in [3.05, 3.63) is 58.1 Å². The molecule has 0 radical (unpaired) electrons. The summed E-state index contributed by atoms with van der Waals surface area (Å²) >= 11 is 0. The van der Waals surface area contributed by atoms with Crippen molar-refractivity contribution in [1.82, 2.24) is 0 Å². The molecule has 130 valence electrons. The minimum atomic E-state index is -4.04. The highest BCUT2D eigenvalue weighted by atomic mass is 32.2. The molecule has 0 bridgehead atoms. The summed E-state index contributed by atoms with van der Waals surface area (Å²) in [6, 6.07) is 9.39. The first-order chi connectivity index (χ1) is 11.8. The number of nitro benzene ring substituents is 1. The Morgan fingerprint density at radius 3 is 2.64 bits per heavy atom. The summed E-state index contributed by atoms with van der Waals surface area (Å²) in [5, 5.41) is 10.9. The average molecular weight is 362 g/mol. The number of hydrogen-bond acceptors (Lipinski definition) is 6. The Balaban J connectivity index is 2.11. The van der Waals surface area contributed by atoms with Gasteiger partial charge in [0.15, 0.2) is 5.78 Å². The Bertz CT molecular complexity index is 970. The lowest BCUT2D eigenvalue weighted by molar-refractivity contribution is -0.385. The van der Waals surface area contributed by atoms with E-state index in [4.69, 9.17) is 4.74 Å². The van der Waals surface area contributed by atoms with Gasteiger partial charge in [0.1, 0.15) is 5.75 Å². The molecule has 0 unspecified atom stereocenters. The highest BCUT2D eigenvalue weighted by Crippen LogP contribution is 2.34. The number of rotatable bonds is 4. The van der Waals surface area contributed by atoms with E-state index in [9.17, 15) is 23.3 Å². The SMILES string of the molecule is COc1ccc2c(c1)C(=O)CCN2S(=O)(=O)c1cccc([N+](=O)[O-])c1. The van der Waals surface area contributed by atoms with E-state index in [0.29, 0.717) is 5.75 Å². The third kappa shape index (κ3) is 2.93. The monoisotopic (exact) mass is 362 g/mol. The Morgan fingerprint density at radius 1 is 1.20 bits per heavy atom. The average Bonchev–Trinajstić information content (AvgIpc) is 2.61. The third-order valence-corrected chi connectivity index (χ3v) is 5.74. The van der Waals surface area contributed by atoms with Gasteiger partial charge in [0, 0.05) is 30.7 Å². The first-order valence-electron chi connectivity index (χ1n) is 7.33. The van der Waals surface area contributed by atoms with Gasteiger partial charge in [0.25, 0.3) is 15.7 Å². The van der Waals surface area contributed by atoms with Crippen LogP contribution in [0.15, 0.2) is 47.4 Å². The topological polar surface area (TPSA) is 107 Å². The summed E-state index contributed by atoms with van der Waals surface area (Å²) < 4.78 is 32.1. The lowest BCUT2D eigenvalue weighted by Crippen LogP contribution is -2.37. The maximum atomic E-state index is 12.9. The van der Waals surface area contributed by atoms with E-state index in [2.05, 4.69) is 0 Å². The fraction of sp³-hybridized carbons (Fsp3) is 0.188. The molecule has 0 amide bonds. The molecule has 0 atom stereocenters.